The number of anilines is 1. The molecule has 106 valence electrons. The third-order valence-corrected chi connectivity index (χ3v) is 3.05. The molecule has 0 atom stereocenters. The Morgan fingerprint density at radius 1 is 1.33 bits per heavy atom. The van der Waals surface area contributed by atoms with Gasteiger partial charge < -0.3 is 4.90 Å². The molecule has 1 aromatic carbocycles. The number of hydrogen-bond acceptors (Lipinski definition) is 4. The third kappa shape index (κ3) is 3.06. The van der Waals surface area contributed by atoms with Crippen LogP contribution in [0, 0.1) is 18.3 Å². The van der Waals surface area contributed by atoms with Crippen molar-refractivity contribution in [2.24, 2.45) is 0 Å². The van der Waals surface area contributed by atoms with Gasteiger partial charge in [-0.3, -0.25) is 9.78 Å². The molecule has 0 N–H and O–H groups in total. The molecule has 5 heteroatoms. The van der Waals surface area contributed by atoms with Crippen molar-refractivity contribution >= 4 is 11.6 Å². The number of hydrogen-bond donors (Lipinski definition) is 0. The molecule has 2 rings (SSSR count). The van der Waals surface area contributed by atoms with E-state index in [-0.39, 0.29) is 17.6 Å². The second-order valence-corrected chi connectivity index (χ2v) is 4.99. The molecule has 0 spiro atoms. The van der Waals surface area contributed by atoms with Crippen molar-refractivity contribution in [3.63, 3.8) is 0 Å². The van der Waals surface area contributed by atoms with Crippen molar-refractivity contribution in [2.45, 2.75) is 26.8 Å². The van der Waals surface area contributed by atoms with E-state index in [1.807, 2.05) is 32.9 Å². The van der Waals surface area contributed by atoms with Crippen LogP contribution in [0.2, 0.25) is 0 Å². The maximum Gasteiger partial charge on any atom is 0.278 e. The molecule has 0 fully saturated rings. The second kappa shape index (κ2) is 6.14. The Bertz CT molecular complexity index is 689. The minimum atomic E-state index is -0.264. The zero-order valence-corrected chi connectivity index (χ0v) is 12.2. The van der Waals surface area contributed by atoms with E-state index in [2.05, 4.69) is 16.0 Å². The van der Waals surface area contributed by atoms with E-state index in [1.165, 1.54) is 18.6 Å². The topological polar surface area (TPSA) is 69.9 Å². The van der Waals surface area contributed by atoms with Gasteiger partial charge in [0.15, 0.2) is 0 Å². The fraction of sp³-hybridized carbons (Fsp3) is 0.250. The predicted octanol–water partition coefficient (Wildman–Crippen LogP) is 2.71. The minimum absolute atomic E-state index is 0.103. The molecule has 0 aliphatic carbocycles. The van der Waals surface area contributed by atoms with Crippen LogP contribution in [0.3, 0.4) is 0 Å². The SMILES string of the molecule is Cc1ccc(C#N)c(N(C(=O)c2cnccn2)C(C)C)c1. The molecule has 1 aromatic heterocycles. The first-order chi connectivity index (χ1) is 10.0. The minimum Gasteiger partial charge on any atom is -0.303 e. The van der Waals surface area contributed by atoms with Gasteiger partial charge in [-0.05, 0) is 38.5 Å². The lowest BCUT2D eigenvalue weighted by Gasteiger charge is -2.27. The van der Waals surface area contributed by atoms with Crippen LogP contribution in [0.4, 0.5) is 5.69 Å². The van der Waals surface area contributed by atoms with Gasteiger partial charge >= 0.3 is 0 Å². The smallest absolute Gasteiger partial charge is 0.278 e. The maximum absolute atomic E-state index is 12.7. The fourth-order valence-electron chi connectivity index (χ4n) is 2.09. The summed E-state index contributed by atoms with van der Waals surface area (Å²) in [6.45, 7) is 5.73. The zero-order valence-electron chi connectivity index (χ0n) is 12.2. The summed E-state index contributed by atoms with van der Waals surface area (Å²) in [5.74, 6) is -0.264. The number of amides is 1. The molecule has 0 aliphatic rings. The summed E-state index contributed by atoms with van der Waals surface area (Å²) in [7, 11) is 0. The summed E-state index contributed by atoms with van der Waals surface area (Å²) in [4.78, 5) is 22.2. The van der Waals surface area contributed by atoms with Crippen LogP contribution >= 0.6 is 0 Å². The molecule has 0 aliphatic heterocycles. The standard InChI is InChI=1S/C16H16N4O/c1-11(2)20(16(21)14-10-18-6-7-19-14)15-8-12(3)4-5-13(15)9-17/h4-8,10-11H,1-3H3. The van der Waals surface area contributed by atoms with Gasteiger partial charge in [0.1, 0.15) is 11.8 Å². The highest BCUT2D eigenvalue weighted by Crippen LogP contribution is 2.25. The van der Waals surface area contributed by atoms with Gasteiger partial charge in [-0.15, -0.1) is 0 Å². The number of benzene rings is 1. The van der Waals surface area contributed by atoms with Crippen molar-refractivity contribution in [1.82, 2.24) is 9.97 Å². The van der Waals surface area contributed by atoms with E-state index < -0.39 is 0 Å². The lowest BCUT2D eigenvalue weighted by atomic mass is 10.1. The van der Waals surface area contributed by atoms with E-state index in [1.54, 1.807) is 11.0 Å². The summed E-state index contributed by atoms with van der Waals surface area (Å²) in [5, 5.41) is 9.28. The largest absolute Gasteiger partial charge is 0.303 e. The van der Waals surface area contributed by atoms with Crippen LogP contribution in [-0.4, -0.2) is 21.9 Å². The fourth-order valence-corrected chi connectivity index (χ4v) is 2.09. The second-order valence-electron chi connectivity index (χ2n) is 4.99. The first-order valence-electron chi connectivity index (χ1n) is 6.65. The summed E-state index contributed by atoms with van der Waals surface area (Å²) in [6, 6.07) is 7.45. The van der Waals surface area contributed by atoms with Crippen LogP contribution < -0.4 is 4.90 Å². The maximum atomic E-state index is 12.7. The average Bonchev–Trinajstić information content (AvgIpc) is 2.48. The Hall–Kier alpha value is -2.74. The first-order valence-corrected chi connectivity index (χ1v) is 6.65. The molecule has 2 aromatic rings. The number of aromatic nitrogens is 2. The Kier molecular flexibility index (Phi) is 4.29. The number of carbonyl (C=O) groups is 1. The molecule has 5 nitrogen and oxygen atoms in total. The molecular formula is C16H16N4O. The van der Waals surface area contributed by atoms with E-state index in [0.29, 0.717) is 11.3 Å². The Balaban J connectivity index is 2.53. The molecular weight excluding hydrogens is 264 g/mol. The molecule has 0 saturated heterocycles. The number of aryl methyl sites for hydroxylation is 1. The van der Waals surface area contributed by atoms with Crippen molar-refractivity contribution in [3.05, 3.63) is 53.6 Å². The molecule has 0 unspecified atom stereocenters. The van der Waals surface area contributed by atoms with Crippen molar-refractivity contribution in [3.8, 4) is 6.07 Å². The highest BCUT2D eigenvalue weighted by atomic mass is 16.2. The van der Waals surface area contributed by atoms with Crippen LogP contribution in [0.1, 0.15) is 35.5 Å². The number of carbonyl (C=O) groups excluding carboxylic acids is 1. The van der Waals surface area contributed by atoms with Gasteiger partial charge in [0.05, 0.1) is 17.4 Å². The highest BCUT2D eigenvalue weighted by Gasteiger charge is 2.24. The molecule has 0 saturated carbocycles. The summed E-state index contributed by atoms with van der Waals surface area (Å²) >= 11 is 0. The summed E-state index contributed by atoms with van der Waals surface area (Å²) in [5.41, 5.74) is 2.31. The van der Waals surface area contributed by atoms with Gasteiger partial charge in [-0.1, -0.05) is 6.07 Å². The van der Waals surface area contributed by atoms with E-state index >= 15 is 0 Å². The molecule has 1 amide bonds. The molecule has 1 heterocycles. The first kappa shape index (κ1) is 14.7. The van der Waals surface area contributed by atoms with Crippen LogP contribution in [0.25, 0.3) is 0 Å². The van der Waals surface area contributed by atoms with Gasteiger partial charge in [-0.25, -0.2) is 4.98 Å². The van der Waals surface area contributed by atoms with Crippen LogP contribution in [0.15, 0.2) is 36.8 Å². The van der Waals surface area contributed by atoms with Gasteiger partial charge in [0, 0.05) is 18.4 Å². The number of rotatable bonds is 3. The molecule has 21 heavy (non-hydrogen) atoms. The van der Waals surface area contributed by atoms with E-state index in [0.717, 1.165) is 5.56 Å². The normalized spacial score (nSPS) is 10.2. The number of nitrogens with zero attached hydrogens (tertiary/aromatic N) is 4. The average molecular weight is 280 g/mol. The Morgan fingerprint density at radius 2 is 2.10 bits per heavy atom. The lowest BCUT2D eigenvalue weighted by Crippen LogP contribution is -2.38. The van der Waals surface area contributed by atoms with Gasteiger partial charge in [0.25, 0.3) is 5.91 Å². The third-order valence-electron chi connectivity index (χ3n) is 3.05. The van der Waals surface area contributed by atoms with Gasteiger partial charge in [0.2, 0.25) is 0 Å². The van der Waals surface area contributed by atoms with E-state index in [9.17, 15) is 10.1 Å². The van der Waals surface area contributed by atoms with Crippen molar-refractivity contribution in [2.75, 3.05) is 4.90 Å². The lowest BCUT2D eigenvalue weighted by molar-refractivity contribution is 0.0975. The highest BCUT2D eigenvalue weighted by molar-refractivity contribution is 6.05. The van der Waals surface area contributed by atoms with Crippen LogP contribution in [0.5, 0.6) is 0 Å². The monoisotopic (exact) mass is 280 g/mol. The number of nitriles is 1. The Morgan fingerprint density at radius 3 is 2.67 bits per heavy atom. The van der Waals surface area contributed by atoms with Gasteiger partial charge in [-0.2, -0.15) is 5.26 Å². The predicted molar refractivity (Wildman–Crippen MR) is 79.9 cm³/mol. The van der Waals surface area contributed by atoms with Crippen molar-refractivity contribution in [1.29, 1.82) is 5.26 Å². The Labute approximate surface area is 123 Å². The quantitative estimate of drug-likeness (QED) is 0.866. The van der Waals surface area contributed by atoms with Crippen molar-refractivity contribution < 1.29 is 4.79 Å². The summed E-state index contributed by atoms with van der Waals surface area (Å²) in [6.07, 6.45) is 4.43. The zero-order chi connectivity index (χ0) is 15.4. The molecule has 0 bridgehead atoms. The van der Waals surface area contributed by atoms with Crippen LogP contribution in [-0.2, 0) is 0 Å². The molecule has 0 radical (unpaired) electrons. The summed E-state index contributed by atoms with van der Waals surface area (Å²) < 4.78 is 0. The van der Waals surface area contributed by atoms with E-state index in [4.69, 9.17) is 0 Å².